The molecule has 6 nitrogen and oxygen atoms in total. The summed E-state index contributed by atoms with van der Waals surface area (Å²) in [5.74, 6) is -0.964. The highest BCUT2D eigenvalue weighted by atomic mass is 16.6. The Morgan fingerprint density at radius 3 is 2.57 bits per heavy atom. The molecule has 1 aromatic rings. The molecule has 0 aliphatic heterocycles. The van der Waals surface area contributed by atoms with Gasteiger partial charge in [-0.2, -0.15) is 0 Å². The van der Waals surface area contributed by atoms with Crippen molar-refractivity contribution in [2.24, 2.45) is 0 Å². The Morgan fingerprint density at radius 2 is 2.07 bits per heavy atom. The molecular formula is C8H7NO5. The average Bonchev–Trinajstić information content (AvgIpc) is 2.16. The number of nitrogens with zero attached hydrogens (tertiary/aromatic N) is 1. The molecular weight excluding hydrogens is 190 g/mol. The van der Waals surface area contributed by atoms with E-state index in [0.29, 0.717) is 0 Å². The van der Waals surface area contributed by atoms with Crippen molar-refractivity contribution in [3.8, 4) is 0 Å². The number of hydrogen-bond acceptors (Lipinski definition) is 5. The number of non-ortho nitro benzene ring substituents is 1. The van der Waals surface area contributed by atoms with Gasteiger partial charge in [0.25, 0.3) is 5.69 Å². The molecule has 0 spiro atoms. The fourth-order valence-electron chi connectivity index (χ4n) is 0.922. The smallest absolute Gasteiger partial charge is 0.270 e. The zero-order chi connectivity index (χ0) is 10.7. The van der Waals surface area contributed by atoms with Gasteiger partial charge in [-0.25, -0.2) is 0 Å². The number of carbonyl (C=O) groups is 1. The zero-order valence-corrected chi connectivity index (χ0v) is 6.95. The largest absolute Gasteiger partial charge is 0.362 e. The van der Waals surface area contributed by atoms with E-state index >= 15 is 0 Å². The average molecular weight is 197 g/mol. The lowest BCUT2D eigenvalue weighted by molar-refractivity contribution is -0.384. The van der Waals surface area contributed by atoms with Crippen LogP contribution < -0.4 is 0 Å². The van der Waals surface area contributed by atoms with Crippen LogP contribution in [0.1, 0.15) is 10.4 Å². The minimum absolute atomic E-state index is 0.103. The van der Waals surface area contributed by atoms with Crippen molar-refractivity contribution in [1.29, 1.82) is 0 Å². The first-order valence-electron chi connectivity index (χ1n) is 3.67. The van der Waals surface area contributed by atoms with E-state index in [1.54, 1.807) is 0 Å². The topological polar surface area (TPSA) is 101 Å². The van der Waals surface area contributed by atoms with Gasteiger partial charge < -0.3 is 10.2 Å². The molecule has 0 saturated carbocycles. The SMILES string of the molecule is O=C(c1cccc([N+](=O)[O-])c1)C(O)O. The first kappa shape index (κ1) is 10.3. The van der Waals surface area contributed by atoms with Crippen molar-refractivity contribution in [3.63, 3.8) is 0 Å². The van der Waals surface area contributed by atoms with Crippen molar-refractivity contribution in [2.75, 3.05) is 0 Å². The van der Waals surface area contributed by atoms with Crippen LogP contribution in [0.25, 0.3) is 0 Å². The van der Waals surface area contributed by atoms with E-state index in [0.717, 1.165) is 6.07 Å². The third kappa shape index (κ3) is 2.12. The van der Waals surface area contributed by atoms with E-state index in [-0.39, 0.29) is 11.3 Å². The van der Waals surface area contributed by atoms with Crippen LogP contribution in [0.2, 0.25) is 0 Å². The predicted octanol–water partition coefficient (Wildman–Crippen LogP) is 0.0882. The van der Waals surface area contributed by atoms with Crippen LogP contribution in [0.5, 0.6) is 0 Å². The van der Waals surface area contributed by atoms with Crippen molar-refractivity contribution >= 4 is 11.5 Å². The lowest BCUT2D eigenvalue weighted by Gasteiger charge is -2.01. The summed E-state index contributed by atoms with van der Waals surface area (Å²) in [4.78, 5) is 20.6. The molecule has 0 heterocycles. The summed E-state index contributed by atoms with van der Waals surface area (Å²) in [6, 6.07) is 4.77. The molecule has 0 aliphatic carbocycles. The third-order valence-corrected chi connectivity index (χ3v) is 1.58. The summed E-state index contributed by atoms with van der Waals surface area (Å²) in [5.41, 5.74) is -0.370. The van der Waals surface area contributed by atoms with Crippen LogP contribution in [0.4, 0.5) is 5.69 Å². The number of aliphatic hydroxyl groups excluding tert-OH is 1. The minimum Gasteiger partial charge on any atom is -0.362 e. The van der Waals surface area contributed by atoms with E-state index in [1.165, 1.54) is 18.2 Å². The second-order valence-electron chi connectivity index (χ2n) is 2.55. The molecule has 0 aromatic heterocycles. The molecule has 0 bridgehead atoms. The zero-order valence-electron chi connectivity index (χ0n) is 6.95. The lowest BCUT2D eigenvalue weighted by atomic mass is 10.1. The molecule has 0 amide bonds. The van der Waals surface area contributed by atoms with Crippen molar-refractivity contribution in [2.45, 2.75) is 6.29 Å². The van der Waals surface area contributed by atoms with Gasteiger partial charge in [0.2, 0.25) is 12.1 Å². The Balaban J connectivity index is 3.06. The predicted molar refractivity (Wildman–Crippen MR) is 45.7 cm³/mol. The molecule has 6 heteroatoms. The number of ketones is 1. The Hall–Kier alpha value is -1.79. The Kier molecular flexibility index (Phi) is 2.90. The van der Waals surface area contributed by atoms with Gasteiger partial charge in [0.15, 0.2) is 0 Å². The molecule has 0 unspecified atom stereocenters. The molecule has 0 atom stereocenters. The van der Waals surface area contributed by atoms with Gasteiger partial charge in [0.1, 0.15) is 0 Å². The van der Waals surface area contributed by atoms with Crippen molar-refractivity contribution in [1.82, 2.24) is 0 Å². The van der Waals surface area contributed by atoms with Crippen LogP contribution in [0.3, 0.4) is 0 Å². The molecule has 0 saturated heterocycles. The first-order chi connectivity index (χ1) is 6.52. The fraction of sp³-hybridized carbons (Fsp3) is 0.125. The van der Waals surface area contributed by atoms with Gasteiger partial charge in [-0.1, -0.05) is 12.1 Å². The molecule has 1 aromatic carbocycles. The van der Waals surface area contributed by atoms with Gasteiger partial charge in [-0.05, 0) is 0 Å². The molecule has 14 heavy (non-hydrogen) atoms. The van der Waals surface area contributed by atoms with Crippen LogP contribution in [-0.2, 0) is 0 Å². The standard InChI is InChI=1S/C8H7NO5/c10-7(8(11)12)5-2-1-3-6(4-5)9(13)14/h1-4,8,11-12H. The van der Waals surface area contributed by atoms with E-state index in [1.807, 2.05) is 0 Å². The quantitative estimate of drug-likeness (QED) is 0.309. The maximum Gasteiger partial charge on any atom is 0.270 e. The molecule has 1 rings (SSSR count). The van der Waals surface area contributed by atoms with Crippen LogP contribution in [0, 0.1) is 10.1 Å². The van der Waals surface area contributed by atoms with E-state index in [4.69, 9.17) is 10.2 Å². The second-order valence-corrected chi connectivity index (χ2v) is 2.55. The van der Waals surface area contributed by atoms with Gasteiger partial charge >= 0.3 is 0 Å². The Labute approximate surface area is 78.6 Å². The fourth-order valence-corrected chi connectivity index (χ4v) is 0.922. The Morgan fingerprint density at radius 1 is 1.43 bits per heavy atom. The number of carbonyl (C=O) groups excluding carboxylic acids is 1. The summed E-state index contributed by atoms with van der Waals surface area (Å²) >= 11 is 0. The van der Waals surface area contributed by atoms with Crippen LogP contribution in [0.15, 0.2) is 24.3 Å². The number of aliphatic hydroxyl groups is 2. The molecule has 74 valence electrons. The van der Waals surface area contributed by atoms with Gasteiger partial charge in [-0.3, -0.25) is 14.9 Å². The van der Waals surface area contributed by atoms with Gasteiger partial charge in [0, 0.05) is 17.7 Å². The summed E-state index contributed by atoms with van der Waals surface area (Å²) in [6.07, 6.45) is -2.14. The molecule has 0 fully saturated rings. The van der Waals surface area contributed by atoms with Crippen LogP contribution >= 0.6 is 0 Å². The molecule has 0 radical (unpaired) electrons. The molecule has 2 N–H and O–H groups in total. The summed E-state index contributed by atoms with van der Waals surface area (Å²) < 4.78 is 0. The number of rotatable bonds is 3. The first-order valence-corrected chi connectivity index (χ1v) is 3.67. The van der Waals surface area contributed by atoms with E-state index in [2.05, 4.69) is 0 Å². The highest BCUT2D eigenvalue weighted by Gasteiger charge is 2.16. The van der Waals surface area contributed by atoms with E-state index < -0.39 is 17.0 Å². The normalized spacial score (nSPS) is 10.2. The number of nitro benzene ring substituents is 1. The lowest BCUT2D eigenvalue weighted by Crippen LogP contribution is -2.19. The Bertz CT molecular complexity index is 374. The maximum absolute atomic E-state index is 11.0. The van der Waals surface area contributed by atoms with Crippen molar-refractivity contribution in [3.05, 3.63) is 39.9 Å². The summed E-state index contributed by atoms with van der Waals surface area (Å²) in [5, 5.41) is 27.4. The van der Waals surface area contributed by atoms with Crippen LogP contribution in [-0.4, -0.2) is 27.2 Å². The van der Waals surface area contributed by atoms with Crippen molar-refractivity contribution < 1.29 is 19.9 Å². The summed E-state index contributed by atoms with van der Waals surface area (Å²) in [7, 11) is 0. The highest BCUT2D eigenvalue weighted by molar-refractivity contribution is 5.98. The number of hydrogen-bond donors (Lipinski definition) is 2. The highest BCUT2D eigenvalue weighted by Crippen LogP contribution is 2.13. The number of Topliss-reactive ketones (excluding diaryl/α,β-unsaturated/α-hetero) is 1. The van der Waals surface area contributed by atoms with E-state index in [9.17, 15) is 14.9 Å². The number of nitro groups is 1. The molecule has 0 aliphatic rings. The maximum atomic E-state index is 11.0. The second kappa shape index (κ2) is 3.95. The number of benzene rings is 1. The third-order valence-electron chi connectivity index (χ3n) is 1.58. The monoisotopic (exact) mass is 197 g/mol. The van der Waals surface area contributed by atoms with Gasteiger partial charge in [0.05, 0.1) is 4.92 Å². The van der Waals surface area contributed by atoms with Gasteiger partial charge in [-0.15, -0.1) is 0 Å². The summed E-state index contributed by atoms with van der Waals surface area (Å²) in [6.45, 7) is 0. The minimum atomic E-state index is -2.14.